The normalized spacial score (nSPS) is 18.2. The molecule has 1 rings (SSSR count). The molecule has 0 aliphatic heterocycles. The number of rotatable bonds is 2. The molecule has 14 heavy (non-hydrogen) atoms. The third-order valence-corrected chi connectivity index (χ3v) is 3.22. The Kier molecular flexibility index (Phi) is 3.94. The van der Waals surface area contributed by atoms with E-state index in [9.17, 15) is 13.2 Å². The SMILES string of the molecule is COC1=C(Br)CCC(SC(F)(F)F)=C1. The van der Waals surface area contributed by atoms with Gasteiger partial charge in [-0.1, -0.05) is 15.9 Å². The topological polar surface area (TPSA) is 9.23 Å². The van der Waals surface area contributed by atoms with Crippen molar-refractivity contribution in [1.82, 2.24) is 0 Å². The van der Waals surface area contributed by atoms with Crippen molar-refractivity contribution in [3.63, 3.8) is 0 Å². The van der Waals surface area contributed by atoms with Gasteiger partial charge in [-0.15, -0.1) is 0 Å². The van der Waals surface area contributed by atoms with Crippen LogP contribution in [0.4, 0.5) is 13.2 Å². The molecule has 1 aliphatic rings. The van der Waals surface area contributed by atoms with Crippen LogP contribution in [0, 0.1) is 0 Å². The van der Waals surface area contributed by atoms with E-state index in [2.05, 4.69) is 15.9 Å². The molecule has 1 aliphatic carbocycles. The summed E-state index contributed by atoms with van der Waals surface area (Å²) in [5, 5.41) is 0. The number of methoxy groups -OCH3 is 1. The molecule has 0 aromatic rings. The summed E-state index contributed by atoms with van der Waals surface area (Å²) in [4.78, 5) is 0.289. The first-order valence-corrected chi connectivity index (χ1v) is 5.42. The summed E-state index contributed by atoms with van der Waals surface area (Å²) in [7, 11) is 1.44. The van der Waals surface area contributed by atoms with Crippen molar-refractivity contribution >= 4 is 27.7 Å². The van der Waals surface area contributed by atoms with E-state index >= 15 is 0 Å². The van der Waals surface area contributed by atoms with Crippen LogP contribution in [0.2, 0.25) is 0 Å². The highest BCUT2D eigenvalue weighted by atomic mass is 79.9. The van der Waals surface area contributed by atoms with Crippen LogP contribution in [0.3, 0.4) is 0 Å². The number of hydrogen-bond donors (Lipinski definition) is 0. The van der Waals surface area contributed by atoms with Gasteiger partial charge in [0.15, 0.2) is 0 Å². The number of hydrogen-bond acceptors (Lipinski definition) is 2. The van der Waals surface area contributed by atoms with E-state index in [-0.39, 0.29) is 16.7 Å². The average Bonchev–Trinajstić information content (AvgIpc) is 2.06. The molecular weight excluding hydrogens is 281 g/mol. The fourth-order valence-electron chi connectivity index (χ4n) is 1.05. The Labute approximate surface area is 92.5 Å². The second kappa shape index (κ2) is 4.61. The molecule has 0 spiro atoms. The number of ether oxygens (including phenoxy) is 1. The minimum absolute atomic E-state index is 0.0750. The fraction of sp³-hybridized carbons (Fsp3) is 0.500. The average molecular weight is 289 g/mol. The largest absolute Gasteiger partial charge is 0.496 e. The van der Waals surface area contributed by atoms with Crippen LogP contribution in [0.15, 0.2) is 21.2 Å². The highest BCUT2D eigenvalue weighted by molar-refractivity contribution is 9.11. The monoisotopic (exact) mass is 288 g/mol. The van der Waals surface area contributed by atoms with Gasteiger partial charge in [0.25, 0.3) is 0 Å². The van der Waals surface area contributed by atoms with E-state index in [0.29, 0.717) is 18.6 Å². The van der Waals surface area contributed by atoms with Crippen LogP contribution >= 0.6 is 27.7 Å². The van der Waals surface area contributed by atoms with E-state index in [1.165, 1.54) is 13.2 Å². The van der Waals surface area contributed by atoms with Crippen molar-refractivity contribution in [2.75, 3.05) is 7.11 Å². The molecular formula is C8H8BrF3OS. The van der Waals surface area contributed by atoms with Gasteiger partial charge in [-0.05, 0) is 35.6 Å². The van der Waals surface area contributed by atoms with Crippen LogP contribution in [0.25, 0.3) is 0 Å². The Morgan fingerprint density at radius 2 is 2.07 bits per heavy atom. The van der Waals surface area contributed by atoms with Crippen LogP contribution in [-0.2, 0) is 4.74 Å². The van der Waals surface area contributed by atoms with E-state index < -0.39 is 5.51 Å². The summed E-state index contributed by atoms with van der Waals surface area (Å²) in [6.45, 7) is 0. The van der Waals surface area contributed by atoms with Crippen molar-refractivity contribution in [2.45, 2.75) is 18.3 Å². The van der Waals surface area contributed by atoms with Gasteiger partial charge in [0.05, 0.1) is 7.11 Å². The smallest absolute Gasteiger partial charge is 0.446 e. The van der Waals surface area contributed by atoms with Crippen molar-refractivity contribution < 1.29 is 17.9 Å². The van der Waals surface area contributed by atoms with E-state index in [4.69, 9.17) is 4.74 Å². The minimum Gasteiger partial charge on any atom is -0.496 e. The maximum Gasteiger partial charge on any atom is 0.446 e. The molecule has 0 fully saturated rings. The maximum atomic E-state index is 12.0. The van der Waals surface area contributed by atoms with Crippen LogP contribution in [0.1, 0.15) is 12.8 Å². The standard InChI is InChI=1S/C8H8BrF3OS/c1-13-7-4-5(2-3-6(7)9)14-8(10,11)12/h4H,2-3H2,1H3. The summed E-state index contributed by atoms with van der Waals surface area (Å²) in [5.41, 5.74) is -4.21. The number of allylic oxidation sites excluding steroid dienone is 3. The molecule has 0 atom stereocenters. The molecule has 0 bridgehead atoms. The first-order chi connectivity index (χ1) is 6.42. The van der Waals surface area contributed by atoms with Crippen LogP contribution in [0.5, 0.6) is 0 Å². The Balaban J connectivity index is 2.74. The van der Waals surface area contributed by atoms with Crippen molar-refractivity contribution in [1.29, 1.82) is 0 Å². The van der Waals surface area contributed by atoms with Crippen molar-refractivity contribution in [3.8, 4) is 0 Å². The highest BCUT2D eigenvalue weighted by Crippen LogP contribution is 2.42. The molecule has 0 aromatic heterocycles. The second-order valence-electron chi connectivity index (χ2n) is 2.63. The Bertz CT molecular complexity index is 283. The summed E-state index contributed by atoms with van der Waals surface area (Å²) < 4.78 is 41.8. The lowest BCUT2D eigenvalue weighted by Crippen LogP contribution is -2.03. The predicted molar refractivity (Wildman–Crippen MR) is 53.9 cm³/mol. The molecule has 0 unspecified atom stereocenters. The molecule has 6 heteroatoms. The zero-order chi connectivity index (χ0) is 10.8. The summed E-state index contributed by atoms with van der Waals surface area (Å²) >= 11 is 3.17. The quantitative estimate of drug-likeness (QED) is 0.754. The molecule has 80 valence electrons. The highest BCUT2D eigenvalue weighted by Gasteiger charge is 2.31. The summed E-state index contributed by atoms with van der Waals surface area (Å²) in [5.74, 6) is 0.475. The van der Waals surface area contributed by atoms with Gasteiger partial charge in [0, 0.05) is 4.48 Å². The Hall–Kier alpha value is -0.100. The van der Waals surface area contributed by atoms with Crippen molar-refractivity contribution in [2.24, 2.45) is 0 Å². The number of alkyl halides is 3. The second-order valence-corrected chi connectivity index (χ2v) is 4.78. The van der Waals surface area contributed by atoms with Gasteiger partial charge in [-0.3, -0.25) is 0 Å². The lowest BCUT2D eigenvalue weighted by Gasteiger charge is -2.16. The van der Waals surface area contributed by atoms with Gasteiger partial charge in [-0.2, -0.15) is 13.2 Å². The van der Waals surface area contributed by atoms with Gasteiger partial charge in [0.1, 0.15) is 5.76 Å². The first kappa shape index (κ1) is 12.0. The van der Waals surface area contributed by atoms with E-state index in [0.717, 1.165) is 4.48 Å². The zero-order valence-corrected chi connectivity index (χ0v) is 9.72. The molecule has 0 N–H and O–H groups in total. The van der Waals surface area contributed by atoms with Crippen LogP contribution < -0.4 is 0 Å². The lowest BCUT2D eigenvalue weighted by molar-refractivity contribution is -0.0322. The Morgan fingerprint density at radius 1 is 1.43 bits per heavy atom. The van der Waals surface area contributed by atoms with Gasteiger partial charge < -0.3 is 4.74 Å². The van der Waals surface area contributed by atoms with Crippen LogP contribution in [-0.4, -0.2) is 12.6 Å². The number of thioether (sulfide) groups is 1. The molecule has 0 saturated carbocycles. The van der Waals surface area contributed by atoms with Crippen molar-refractivity contribution in [3.05, 3.63) is 21.2 Å². The van der Waals surface area contributed by atoms with E-state index in [1.54, 1.807) is 0 Å². The summed E-state index contributed by atoms with van der Waals surface area (Å²) in [6, 6.07) is 0. The first-order valence-electron chi connectivity index (χ1n) is 3.81. The third kappa shape index (κ3) is 3.57. The van der Waals surface area contributed by atoms with E-state index in [1.807, 2.05) is 0 Å². The zero-order valence-electron chi connectivity index (χ0n) is 7.32. The molecule has 0 radical (unpaired) electrons. The lowest BCUT2D eigenvalue weighted by atomic mass is 10.2. The minimum atomic E-state index is -4.21. The molecule has 0 amide bonds. The van der Waals surface area contributed by atoms with Gasteiger partial charge in [0.2, 0.25) is 0 Å². The Morgan fingerprint density at radius 3 is 2.57 bits per heavy atom. The third-order valence-electron chi connectivity index (χ3n) is 1.62. The fourth-order valence-corrected chi connectivity index (χ4v) is 2.19. The van der Waals surface area contributed by atoms with Gasteiger partial charge >= 0.3 is 5.51 Å². The molecule has 0 aromatic carbocycles. The van der Waals surface area contributed by atoms with Gasteiger partial charge in [-0.25, -0.2) is 0 Å². The summed E-state index contributed by atoms with van der Waals surface area (Å²) in [6.07, 6.45) is 2.38. The molecule has 0 heterocycles. The number of halogens is 4. The molecule has 1 nitrogen and oxygen atoms in total. The molecule has 0 saturated heterocycles. The maximum absolute atomic E-state index is 12.0. The predicted octanol–water partition coefficient (Wildman–Crippen LogP) is 4.17.